The fraction of sp³-hybridized carbons (Fsp3) is 0.692. The van der Waals surface area contributed by atoms with Gasteiger partial charge in [0.05, 0.1) is 6.61 Å². The maximum Gasteiger partial charge on any atom is 0.137 e. The Labute approximate surface area is 114 Å². The minimum absolute atomic E-state index is 0.104. The van der Waals surface area contributed by atoms with Gasteiger partial charge in [-0.05, 0) is 6.42 Å². The number of aliphatic hydroxyl groups excluding tert-OH is 1. The smallest absolute Gasteiger partial charge is 0.137 e. The van der Waals surface area contributed by atoms with Crippen molar-refractivity contribution in [2.45, 2.75) is 39.5 Å². The minimum Gasteiger partial charge on any atom is -0.395 e. The molecule has 1 aromatic heterocycles. The van der Waals surface area contributed by atoms with Crippen molar-refractivity contribution >= 4 is 17.4 Å². The molecule has 0 spiro atoms. The van der Waals surface area contributed by atoms with Gasteiger partial charge < -0.3 is 10.0 Å². The van der Waals surface area contributed by atoms with E-state index in [-0.39, 0.29) is 12.0 Å². The van der Waals surface area contributed by atoms with Crippen molar-refractivity contribution in [3.8, 4) is 0 Å². The van der Waals surface area contributed by atoms with Gasteiger partial charge in [0.1, 0.15) is 16.8 Å². The molecule has 0 aliphatic rings. The Hall–Kier alpha value is -0.870. The summed E-state index contributed by atoms with van der Waals surface area (Å²) in [4.78, 5) is 10.9. The molecule has 0 aliphatic heterocycles. The zero-order chi connectivity index (χ0) is 13.8. The van der Waals surface area contributed by atoms with Crippen LogP contribution in [0.25, 0.3) is 0 Å². The molecular formula is C13H22ClN3O. The SMILES string of the molecule is CCCN(CCO)c1cc(Cl)nc(C(C)(C)C)n1. The highest BCUT2D eigenvalue weighted by Gasteiger charge is 2.20. The molecule has 0 aliphatic carbocycles. The first-order valence-corrected chi connectivity index (χ1v) is 6.67. The Kier molecular flexibility index (Phi) is 5.35. The molecule has 1 rings (SSSR count). The van der Waals surface area contributed by atoms with Crippen LogP contribution >= 0.6 is 11.6 Å². The Morgan fingerprint density at radius 1 is 1.28 bits per heavy atom. The average Bonchev–Trinajstić information content (AvgIpc) is 2.27. The van der Waals surface area contributed by atoms with Crippen LogP contribution in [-0.4, -0.2) is 34.8 Å². The predicted molar refractivity (Wildman–Crippen MR) is 75.3 cm³/mol. The van der Waals surface area contributed by atoms with Gasteiger partial charge in [0.25, 0.3) is 0 Å². The summed E-state index contributed by atoms with van der Waals surface area (Å²) in [5.41, 5.74) is -0.142. The van der Waals surface area contributed by atoms with E-state index in [4.69, 9.17) is 16.7 Å². The van der Waals surface area contributed by atoms with Gasteiger partial charge in [-0.1, -0.05) is 39.3 Å². The number of aliphatic hydroxyl groups is 1. The van der Waals surface area contributed by atoms with Gasteiger partial charge in [0.2, 0.25) is 0 Å². The molecule has 0 aromatic carbocycles. The van der Waals surface area contributed by atoms with Crippen molar-refractivity contribution < 1.29 is 5.11 Å². The number of hydrogen-bond donors (Lipinski definition) is 1. The quantitative estimate of drug-likeness (QED) is 0.837. The molecule has 4 nitrogen and oxygen atoms in total. The van der Waals surface area contributed by atoms with Crippen molar-refractivity contribution in [2.24, 2.45) is 0 Å². The summed E-state index contributed by atoms with van der Waals surface area (Å²) in [6.07, 6.45) is 0.993. The van der Waals surface area contributed by atoms with Crippen molar-refractivity contribution in [3.05, 3.63) is 17.0 Å². The molecular weight excluding hydrogens is 250 g/mol. The van der Waals surface area contributed by atoms with E-state index in [0.717, 1.165) is 24.6 Å². The molecule has 1 N–H and O–H groups in total. The molecule has 102 valence electrons. The Morgan fingerprint density at radius 2 is 1.94 bits per heavy atom. The van der Waals surface area contributed by atoms with Crippen molar-refractivity contribution in [1.82, 2.24) is 9.97 Å². The van der Waals surface area contributed by atoms with Gasteiger partial charge in [-0.25, -0.2) is 9.97 Å². The van der Waals surface area contributed by atoms with Crippen LogP contribution in [0.3, 0.4) is 0 Å². The largest absolute Gasteiger partial charge is 0.395 e. The van der Waals surface area contributed by atoms with Gasteiger partial charge in [-0.3, -0.25) is 0 Å². The van der Waals surface area contributed by atoms with Gasteiger partial charge in [-0.15, -0.1) is 0 Å². The first kappa shape index (κ1) is 15.2. The van der Waals surface area contributed by atoms with E-state index >= 15 is 0 Å². The molecule has 0 amide bonds. The van der Waals surface area contributed by atoms with E-state index in [1.54, 1.807) is 6.07 Å². The highest BCUT2D eigenvalue weighted by molar-refractivity contribution is 6.29. The third kappa shape index (κ3) is 4.10. The van der Waals surface area contributed by atoms with Crippen LogP contribution in [0.15, 0.2) is 6.07 Å². The third-order valence-electron chi connectivity index (χ3n) is 2.54. The lowest BCUT2D eigenvalue weighted by atomic mass is 9.96. The number of halogens is 1. The lowest BCUT2D eigenvalue weighted by molar-refractivity contribution is 0.301. The van der Waals surface area contributed by atoms with Crippen molar-refractivity contribution in [2.75, 3.05) is 24.6 Å². The van der Waals surface area contributed by atoms with Crippen LogP contribution in [-0.2, 0) is 5.41 Å². The highest BCUT2D eigenvalue weighted by atomic mass is 35.5. The standard InChI is InChI=1S/C13H22ClN3O/c1-5-6-17(7-8-18)11-9-10(14)15-12(16-11)13(2,3)4/h9,18H,5-8H2,1-4H3. The third-order valence-corrected chi connectivity index (χ3v) is 2.73. The first-order chi connectivity index (χ1) is 8.38. The monoisotopic (exact) mass is 271 g/mol. The normalized spacial score (nSPS) is 11.7. The van der Waals surface area contributed by atoms with Crippen LogP contribution in [0.4, 0.5) is 5.82 Å². The van der Waals surface area contributed by atoms with Crippen LogP contribution < -0.4 is 4.90 Å². The molecule has 18 heavy (non-hydrogen) atoms. The van der Waals surface area contributed by atoms with Crippen LogP contribution in [0, 0.1) is 0 Å². The Morgan fingerprint density at radius 3 is 2.44 bits per heavy atom. The number of rotatable bonds is 5. The first-order valence-electron chi connectivity index (χ1n) is 6.29. The Bertz CT molecular complexity index is 384. The van der Waals surface area contributed by atoms with Crippen LogP contribution in [0.2, 0.25) is 5.15 Å². The lowest BCUT2D eigenvalue weighted by Crippen LogP contribution is -2.29. The summed E-state index contributed by atoms with van der Waals surface area (Å²) in [5, 5.41) is 9.55. The molecule has 0 saturated heterocycles. The van der Waals surface area contributed by atoms with Gasteiger partial charge in [-0.2, -0.15) is 0 Å². The van der Waals surface area contributed by atoms with E-state index in [9.17, 15) is 0 Å². The predicted octanol–water partition coefficient (Wildman–Crippen LogP) is 2.64. The molecule has 0 radical (unpaired) electrons. The zero-order valence-electron chi connectivity index (χ0n) is 11.6. The number of aromatic nitrogens is 2. The number of hydrogen-bond acceptors (Lipinski definition) is 4. The molecule has 1 heterocycles. The van der Waals surface area contributed by atoms with E-state index < -0.39 is 0 Å². The fourth-order valence-electron chi connectivity index (χ4n) is 1.63. The molecule has 0 saturated carbocycles. The fourth-order valence-corrected chi connectivity index (χ4v) is 1.81. The molecule has 0 fully saturated rings. The van der Waals surface area contributed by atoms with Gasteiger partial charge >= 0.3 is 0 Å². The summed E-state index contributed by atoms with van der Waals surface area (Å²) >= 11 is 6.06. The van der Waals surface area contributed by atoms with Crippen molar-refractivity contribution in [3.63, 3.8) is 0 Å². The Balaban J connectivity index is 3.10. The second kappa shape index (κ2) is 6.34. The van der Waals surface area contributed by atoms with E-state index in [0.29, 0.717) is 11.7 Å². The van der Waals surface area contributed by atoms with E-state index in [1.165, 1.54) is 0 Å². The molecule has 5 heteroatoms. The van der Waals surface area contributed by atoms with Gasteiger partial charge in [0, 0.05) is 24.6 Å². The maximum atomic E-state index is 9.11. The second-order valence-corrected chi connectivity index (χ2v) is 5.72. The molecule has 1 aromatic rings. The minimum atomic E-state index is -0.142. The molecule has 0 atom stereocenters. The summed E-state index contributed by atoms with van der Waals surface area (Å²) in [5.74, 6) is 1.51. The molecule has 0 bridgehead atoms. The summed E-state index contributed by atoms with van der Waals surface area (Å²) < 4.78 is 0. The van der Waals surface area contributed by atoms with Crippen LogP contribution in [0.5, 0.6) is 0 Å². The number of nitrogens with zero attached hydrogens (tertiary/aromatic N) is 3. The zero-order valence-corrected chi connectivity index (χ0v) is 12.3. The van der Waals surface area contributed by atoms with E-state index in [2.05, 4.69) is 37.7 Å². The topological polar surface area (TPSA) is 49.2 Å². The van der Waals surface area contributed by atoms with E-state index in [1.807, 2.05) is 4.90 Å². The maximum absolute atomic E-state index is 9.11. The summed E-state index contributed by atoms with van der Waals surface area (Å²) in [6, 6.07) is 1.75. The summed E-state index contributed by atoms with van der Waals surface area (Å²) in [7, 11) is 0. The van der Waals surface area contributed by atoms with Crippen LogP contribution in [0.1, 0.15) is 39.9 Å². The number of anilines is 1. The highest BCUT2D eigenvalue weighted by Crippen LogP contribution is 2.24. The van der Waals surface area contributed by atoms with Gasteiger partial charge in [0.15, 0.2) is 0 Å². The second-order valence-electron chi connectivity index (χ2n) is 5.33. The average molecular weight is 272 g/mol. The lowest BCUT2D eigenvalue weighted by Gasteiger charge is -2.25. The summed E-state index contributed by atoms with van der Waals surface area (Å²) in [6.45, 7) is 9.77. The van der Waals surface area contributed by atoms with Crippen molar-refractivity contribution in [1.29, 1.82) is 0 Å². The molecule has 0 unspecified atom stereocenters.